The average Bonchev–Trinajstić information content (AvgIpc) is 2.54. The standard InChI is InChI=1S/C12H18N4O8.Na/c1-4(18)11(21)14-8-5(15-16-13)2-7(12(22)23)24-10(8)9(20)6(19)3-17;/h2,4-6,8-10,17-20H,3H2,1H3,(H,14,21)(H,22,23);/q;+1/p-1/t4?,5?,6-,8-,9-,10-;/m1./s1. The SMILES string of the molecule is CC(O)C(=O)N[C@@H]1C(N=[N+]=[N-])C=C(C(=O)[O-])O[C@H]1[C@H](O)[C@H](O)CO.[Na+]. The largest absolute Gasteiger partial charge is 1.00 e. The van der Waals surface area contributed by atoms with Crippen molar-refractivity contribution in [1.29, 1.82) is 0 Å². The van der Waals surface area contributed by atoms with Crippen LogP contribution in [0.15, 0.2) is 16.9 Å². The Morgan fingerprint density at radius 1 is 1.48 bits per heavy atom. The maximum Gasteiger partial charge on any atom is 1.00 e. The zero-order valence-electron chi connectivity index (χ0n) is 13.5. The first-order chi connectivity index (χ1) is 11.2. The second-order valence-electron chi connectivity index (χ2n) is 5.05. The van der Waals surface area contributed by atoms with Crippen LogP contribution < -0.4 is 40.0 Å². The van der Waals surface area contributed by atoms with Gasteiger partial charge in [0.2, 0.25) is 5.91 Å². The molecule has 1 heterocycles. The van der Waals surface area contributed by atoms with Crippen molar-refractivity contribution in [2.75, 3.05) is 6.61 Å². The van der Waals surface area contributed by atoms with Crippen LogP contribution in [0.3, 0.4) is 0 Å². The zero-order chi connectivity index (χ0) is 18.4. The summed E-state index contributed by atoms with van der Waals surface area (Å²) in [5.41, 5.74) is 8.60. The number of carbonyl (C=O) groups is 2. The summed E-state index contributed by atoms with van der Waals surface area (Å²) in [5, 5.41) is 54.3. The Hall–Kier alpha value is -1.37. The van der Waals surface area contributed by atoms with Gasteiger partial charge in [-0.15, -0.1) is 0 Å². The maximum absolute atomic E-state index is 11.7. The Morgan fingerprint density at radius 3 is 2.52 bits per heavy atom. The Morgan fingerprint density at radius 2 is 2.08 bits per heavy atom. The summed E-state index contributed by atoms with van der Waals surface area (Å²) >= 11 is 0. The van der Waals surface area contributed by atoms with Crippen molar-refractivity contribution in [3.05, 3.63) is 22.3 Å². The summed E-state index contributed by atoms with van der Waals surface area (Å²) in [7, 11) is 0. The number of aliphatic carboxylic acids is 1. The molecule has 134 valence electrons. The van der Waals surface area contributed by atoms with Gasteiger partial charge in [-0.2, -0.15) is 0 Å². The molecule has 0 spiro atoms. The quantitative estimate of drug-likeness (QED) is 0.126. The fraction of sp³-hybridized carbons (Fsp3) is 0.667. The van der Waals surface area contributed by atoms with Crippen LogP contribution in [-0.2, 0) is 14.3 Å². The predicted octanol–water partition coefficient (Wildman–Crippen LogP) is -6.72. The zero-order valence-corrected chi connectivity index (χ0v) is 15.5. The molecule has 0 aromatic rings. The van der Waals surface area contributed by atoms with E-state index in [1.165, 1.54) is 0 Å². The second kappa shape index (κ2) is 10.6. The van der Waals surface area contributed by atoms with E-state index in [9.17, 15) is 30.0 Å². The van der Waals surface area contributed by atoms with Gasteiger partial charge in [-0.3, -0.25) is 4.79 Å². The molecule has 1 amide bonds. The molecule has 0 aromatic heterocycles. The number of carboxylic acids is 1. The molecule has 5 N–H and O–H groups in total. The average molecular weight is 368 g/mol. The van der Waals surface area contributed by atoms with E-state index in [2.05, 4.69) is 15.3 Å². The van der Waals surface area contributed by atoms with Crippen molar-refractivity contribution in [2.24, 2.45) is 5.11 Å². The van der Waals surface area contributed by atoms with E-state index in [0.717, 1.165) is 13.0 Å². The molecule has 2 unspecified atom stereocenters. The molecule has 1 aliphatic rings. The normalized spacial score (nSPS) is 25.8. The van der Waals surface area contributed by atoms with Crippen LogP contribution in [0.2, 0.25) is 0 Å². The van der Waals surface area contributed by atoms with Crippen LogP contribution in [0.4, 0.5) is 0 Å². The molecule has 0 aromatic carbocycles. The van der Waals surface area contributed by atoms with Crippen LogP contribution in [0, 0.1) is 0 Å². The van der Waals surface area contributed by atoms with Crippen LogP contribution in [0.1, 0.15) is 6.92 Å². The number of carbonyl (C=O) groups excluding carboxylic acids is 2. The van der Waals surface area contributed by atoms with E-state index in [-0.39, 0.29) is 29.6 Å². The van der Waals surface area contributed by atoms with Crippen LogP contribution in [0.5, 0.6) is 0 Å². The molecule has 12 nitrogen and oxygen atoms in total. The monoisotopic (exact) mass is 368 g/mol. The van der Waals surface area contributed by atoms with Crippen molar-refractivity contribution in [1.82, 2.24) is 5.32 Å². The number of nitrogens with one attached hydrogen (secondary N) is 1. The molecular formula is C12H17N4NaO8. The first-order valence-corrected chi connectivity index (χ1v) is 6.82. The van der Waals surface area contributed by atoms with Crippen molar-refractivity contribution in [3.63, 3.8) is 0 Å². The van der Waals surface area contributed by atoms with Gasteiger partial charge >= 0.3 is 29.6 Å². The molecule has 13 heteroatoms. The van der Waals surface area contributed by atoms with Crippen LogP contribution >= 0.6 is 0 Å². The van der Waals surface area contributed by atoms with Crippen molar-refractivity contribution in [3.8, 4) is 0 Å². The van der Waals surface area contributed by atoms with Gasteiger partial charge in [-0.05, 0) is 18.5 Å². The van der Waals surface area contributed by atoms with Gasteiger partial charge in [-0.1, -0.05) is 5.11 Å². The second-order valence-corrected chi connectivity index (χ2v) is 5.05. The molecule has 1 aliphatic heterocycles. The van der Waals surface area contributed by atoms with E-state index < -0.39 is 60.7 Å². The van der Waals surface area contributed by atoms with Crippen molar-refractivity contribution >= 4 is 11.9 Å². The Kier molecular flexibility index (Phi) is 10.0. The van der Waals surface area contributed by atoms with E-state index >= 15 is 0 Å². The van der Waals surface area contributed by atoms with Crippen molar-refractivity contribution in [2.45, 2.75) is 43.4 Å². The smallest absolute Gasteiger partial charge is 0.542 e. The molecule has 1 rings (SSSR count). The third-order valence-electron chi connectivity index (χ3n) is 3.30. The minimum atomic E-state index is -1.84. The number of hydrogen-bond acceptors (Lipinski definition) is 9. The van der Waals surface area contributed by atoms with Gasteiger partial charge in [0, 0.05) is 4.91 Å². The Labute approximate surface area is 164 Å². The first-order valence-electron chi connectivity index (χ1n) is 6.82. The molecule has 0 saturated carbocycles. The number of rotatable bonds is 7. The fourth-order valence-electron chi connectivity index (χ4n) is 2.05. The van der Waals surface area contributed by atoms with Gasteiger partial charge in [0.25, 0.3) is 0 Å². The summed E-state index contributed by atoms with van der Waals surface area (Å²) < 4.78 is 5.00. The third kappa shape index (κ3) is 6.13. The number of aliphatic hydroxyl groups excluding tert-OH is 4. The summed E-state index contributed by atoms with van der Waals surface area (Å²) in [5.74, 6) is -3.46. The molecule has 6 atom stereocenters. The number of azide groups is 1. The minimum Gasteiger partial charge on any atom is -0.542 e. The third-order valence-corrected chi connectivity index (χ3v) is 3.30. The van der Waals surface area contributed by atoms with Crippen molar-refractivity contribution < 1.29 is 69.4 Å². The topological polar surface area (TPSA) is 208 Å². The number of nitrogens with zero attached hydrogens (tertiary/aromatic N) is 3. The predicted molar refractivity (Wildman–Crippen MR) is 73.6 cm³/mol. The van der Waals surface area contributed by atoms with Crippen LogP contribution in [0.25, 0.3) is 10.4 Å². The maximum atomic E-state index is 11.7. The van der Waals surface area contributed by atoms with E-state index in [1.807, 2.05) is 0 Å². The van der Waals surface area contributed by atoms with Gasteiger partial charge < -0.3 is 40.4 Å². The molecule has 0 fully saturated rings. The Balaban J connectivity index is 0.00000576. The Bertz CT molecular complexity index is 565. The van der Waals surface area contributed by atoms with Gasteiger partial charge in [-0.25, -0.2) is 0 Å². The summed E-state index contributed by atoms with van der Waals surface area (Å²) in [6, 6.07) is -2.63. The van der Waals surface area contributed by atoms with Gasteiger partial charge in [0.05, 0.1) is 18.7 Å². The van der Waals surface area contributed by atoms with E-state index in [4.69, 9.17) is 15.4 Å². The van der Waals surface area contributed by atoms with Crippen LogP contribution in [-0.4, -0.2) is 75.4 Å². The van der Waals surface area contributed by atoms with E-state index in [1.54, 1.807) is 0 Å². The number of carboxylic acid groups (broad SMARTS) is 1. The minimum absolute atomic E-state index is 0. The molecule has 0 bridgehead atoms. The fourth-order valence-corrected chi connectivity index (χ4v) is 2.05. The number of hydrogen-bond donors (Lipinski definition) is 5. The molecule has 0 radical (unpaired) electrons. The number of ether oxygens (including phenoxy) is 1. The molecular weight excluding hydrogens is 351 g/mol. The molecule has 25 heavy (non-hydrogen) atoms. The molecule has 0 saturated heterocycles. The van der Waals surface area contributed by atoms with Gasteiger partial charge in [0.1, 0.15) is 36.1 Å². The number of amides is 1. The summed E-state index contributed by atoms with van der Waals surface area (Å²) in [4.78, 5) is 25.2. The van der Waals surface area contributed by atoms with Gasteiger partial charge in [0.15, 0.2) is 0 Å². The first kappa shape index (κ1) is 23.6. The summed E-state index contributed by atoms with van der Waals surface area (Å²) in [6.45, 7) is 0.271. The molecule has 0 aliphatic carbocycles. The van der Waals surface area contributed by atoms with E-state index in [0.29, 0.717) is 0 Å². The summed E-state index contributed by atoms with van der Waals surface area (Å²) in [6.07, 6.45) is -5.76. The number of aliphatic hydroxyl groups is 4.